The summed E-state index contributed by atoms with van der Waals surface area (Å²) in [7, 11) is 1.83. The van der Waals surface area contributed by atoms with Crippen molar-refractivity contribution in [3.05, 3.63) is 23.8 Å². The number of allylic oxidation sites excluding steroid dienone is 4. The normalized spacial score (nSPS) is 29.8. The van der Waals surface area contributed by atoms with Crippen LogP contribution in [0.3, 0.4) is 0 Å². The standard InChI is InChI=1S/C13H22O/c1-4-5-6-11(2)12-7-9-13(14-3)10-8-12/h4-6,12-13H,7-10H2,1-3H3/b5-4-,11-6+. The van der Waals surface area contributed by atoms with Gasteiger partial charge in [-0.05, 0) is 45.4 Å². The van der Waals surface area contributed by atoms with Crippen LogP contribution in [0.15, 0.2) is 23.8 Å². The lowest BCUT2D eigenvalue weighted by Crippen LogP contribution is -2.20. The zero-order valence-electron chi connectivity index (χ0n) is 9.62. The highest BCUT2D eigenvalue weighted by molar-refractivity contribution is 5.13. The molecule has 1 saturated carbocycles. The molecule has 1 aliphatic carbocycles. The Morgan fingerprint density at radius 1 is 1.21 bits per heavy atom. The van der Waals surface area contributed by atoms with Gasteiger partial charge in [0.15, 0.2) is 0 Å². The molecule has 0 aromatic rings. The Morgan fingerprint density at radius 3 is 2.36 bits per heavy atom. The molecule has 0 unspecified atom stereocenters. The highest BCUT2D eigenvalue weighted by Gasteiger charge is 2.21. The predicted molar refractivity (Wildman–Crippen MR) is 61.3 cm³/mol. The first-order valence-electron chi connectivity index (χ1n) is 5.60. The molecule has 0 spiro atoms. The van der Waals surface area contributed by atoms with E-state index in [0.29, 0.717) is 6.10 Å². The van der Waals surface area contributed by atoms with Crippen LogP contribution in [0.4, 0.5) is 0 Å². The average Bonchev–Trinajstić information content (AvgIpc) is 2.26. The van der Waals surface area contributed by atoms with Crippen LogP contribution in [0.25, 0.3) is 0 Å². The monoisotopic (exact) mass is 194 g/mol. The molecule has 0 atom stereocenters. The molecule has 0 aromatic carbocycles. The van der Waals surface area contributed by atoms with E-state index in [4.69, 9.17) is 4.74 Å². The third-order valence-corrected chi connectivity index (χ3v) is 3.20. The lowest BCUT2D eigenvalue weighted by molar-refractivity contribution is 0.0614. The van der Waals surface area contributed by atoms with Crippen LogP contribution in [-0.4, -0.2) is 13.2 Å². The van der Waals surface area contributed by atoms with Crippen molar-refractivity contribution in [2.45, 2.75) is 45.6 Å². The van der Waals surface area contributed by atoms with E-state index in [1.165, 1.54) is 31.3 Å². The topological polar surface area (TPSA) is 9.23 Å². The number of ether oxygens (including phenoxy) is 1. The van der Waals surface area contributed by atoms with Gasteiger partial charge in [-0.2, -0.15) is 0 Å². The van der Waals surface area contributed by atoms with Crippen LogP contribution in [0, 0.1) is 5.92 Å². The lowest BCUT2D eigenvalue weighted by atomic mass is 9.83. The van der Waals surface area contributed by atoms with Crippen molar-refractivity contribution in [1.82, 2.24) is 0 Å². The second-order valence-electron chi connectivity index (χ2n) is 4.15. The molecular weight excluding hydrogens is 172 g/mol. The molecule has 0 saturated heterocycles. The molecule has 1 nitrogen and oxygen atoms in total. The van der Waals surface area contributed by atoms with E-state index < -0.39 is 0 Å². The van der Waals surface area contributed by atoms with Crippen molar-refractivity contribution in [2.24, 2.45) is 5.92 Å². The molecule has 0 heterocycles. The smallest absolute Gasteiger partial charge is 0.0571 e. The molecule has 0 aromatic heterocycles. The van der Waals surface area contributed by atoms with E-state index in [1.807, 2.05) is 7.11 Å². The van der Waals surface area contributed by atoms with Crippen LogP contribution in [-0.2, 0) is 4.74 Å². The number of hydrogen-bond acceptors (Lipinski definition) is 1. The van der Waals surface area contributed by atoms with Gasteiger partial charge in [0, 0.05) is 7.11 Å². The van der Waals surface area contributed by atoms with Gasteiger partial charge < -0.3 is 4.74 Å². The molecule has 1 aliphatic rings. The van der Waals surface area contributed by atoms with Gasteiger partial charge in [-0.1, -0.05) is 23.8 Å². The predicted octanol–water partition coefficient (Wildman–Crippen LogP) is 3.71. The largest absolute Gasteiger partial charge is 0.381 e. The van der Waals surface area contributed by atoms with E-state index in [1.54, 1.807) is 0 Å². The maximum absolute atomic E-state index is 5.37. The molecule has 0 radical (unpaired) electrons. The van der Waals surface area contributed by atoms with Crippen LogP contribution in [0.1, 0.15) is 39.5 Å². The van der Waals surface area contributed by atoms with Gasteiger partial charge in [-0.25, -0.2) is 0 Å². The van der Waals surface area contributed by atoms with Crippen LogP contribution in [0.5, 0.6) is 0 Å². The lowest BCUT2D eigenvalue weighted by Gasteiger charge is -2.28. The van der Waals surface area contributed by atoms with Gasteiger partial charge in [0.05, 0.1) is 6.10 Å². The molecule has 80 valence electrons. The Balaban J connectivity index is 2.41. The summed E-state index contributed by atoms with van der Waals surface area (Å²) in [6.07, 6.45) is 12.0. The molecular formula is C13H22O. The summed E-state index contributed by atoms with van der Waals surface area (Å²) in [5.41, 5.74) is 1.53. The second-order valence-corrected chi connectivity index (χ2v) is 4.15. The summed E-state index contributed by atoms with van der Waals surface area (Å²) >= 11 is 0. The molecule has 1 fully saturated rings. The molecule has 0 amide bonds. The molecule has 0 aliphatic heterocycles. The summed E-state index contributed by atoms with van der Waals surface area (Å²) in [5.74, 6) is 0.789. The van der Waals surface area contributed by atoms with Crippen LogP contribution < -0.4 is 0 Å². The fourth-order valence-corrected chi connectivity index (χ4v) is 2.14. The first-order chi connectivity index (χ1) is 6.77. The average molecular weight is 194 g/mol. The summed E-state index contributed by atoms with van der Waals surface area (Å²) in [6.45, 7) is 4.31. The number of rotatable bonds is 3. The fourth-order valence-electron chi connectivity index (χ4n) is 2.14. The van der Waals surface area contributed by atoms with Gasteiger partial charge in [0.1, 0.15) is 0 Å². The van der Waals surface area contributed by atoms with Crippen LogP contribution in [0.2, 0.25) is 0 Å². The SMILES string of the molecule is C/C=C\C=C(/C)C1CCC(OC)CC1. The van der Waals surface area contributed by atoms with E-state index in [2.05, 4.69) is 32.1 Å². The summed E-state index contributed by atoms with van der Waals surface area (Å²) in [4.78, 5) is 0. The van der Waals surface area contributed by atoms with Crippen molar-refractivity contribution in [3.63, 3.8) is 0 Å². The van der Waals surface area contributed by atoms with E-state index in [9.17, 15) is 0 Å². The molecule has 0 N–H and O–H groups in total. The third-order valence-electron chi connectivity index (χ3n) is 3.20. The van der Waals surface area contributed by atoms with E-state index in [0.717, 1.165) is 5.92 Å². The Bertz CT molecular complexity index is 207. The van der Waals surface area contributed by atoms with Crippen LogP contribution >= 0.6 is 0 Å². The Hall–Kier alpha value is -0.560. The van der Waals surface area contributed by atoms with Crippen molar-refractivity contribution >= 4 is 0 Å². The van der Waals surface area contributed by atoms with Crippen molar-refractivity contribution in [3.8, 4) is 0 Å². The Morgan fingerprint density at radius 2 is 1.86 bits per heavy atom. The van der Waals surface area contributed by atoms with Gasteiger partial charge in [-0.3, -0.25) is 0 Å². The summed E-state index contributed by atoms with van der Waals surface area (Å²) in [5, 5.41) is 0. The van der Waals surface area contributed by atoms with E-state index in [-0.39, 0.29) is 0 Å². The quantitative estimate of drug-likeness (QED) is 0.622. The second kappa shape index (κ2) is 6.02. The fraction of sp³-hybridized carbons (Fsp3) is 0.692. The van der Waals surface area contributed by atoms with Gasteiger partial charge in [0.25, 0.3) is 0 Å². The third kappa shape index (κ3) is 3.30. The van der Waals surface area contributed by atoms with Gasteiger partial charge in [-0.15, -0.1) is 0 Å². The molecule has 14 heavy (non-hydrogen) atoms. The first kappa shape index (κ1) is 11.5. The zero-order valence-corrected chi connectivity index (χ0v) is 9.62. The first-order valence-corrected chi connectivity index (χ1v) is 5.60. The highest BCUT2D eigenvalue weighted by atomic mass is 16.5. The minimum atomic E-state index is 0.515. The highest BCUT2D eigenvalue weighted by Crippen LogP contribution is 2.30. The minimum absolute atomic E-state index is 0.515. The minimum Gasteiger partial charge on any atom is -0.381 e. The van der Waals surface area contributed by atoms with Crippen molar-refractivity contribution < 1.29 is 4.74 Å². The number of hydrogen-bond donors (Lipinski definition) is 0. The van der Waals surface area contributed by atoms with Gasteiger partial charge in [0.2, 0.25) is 0 Å². The molecule has 1 heteroatoms. The summed E-state index contributed by atoms with van der Waals surface area (Å²) in [6, 6.07) is 0. The zero-order chi connectivity index (χ0) is 10.4. The van der Waals surface area contributed by atoms with Crippen molar-refractivity contribution in [2.75, 3.05) is 7.11 Å². The van der Waals surface area contributed by atoms with Crippen molar-refractivity contribution in [1.29, 1.82) is 0 Å². The maximum Gasteiger partial charge on any atom is 0.0571 e. The van der Waals surface area contributed by atoms with Gasteiger partial charge >= 0.3 is 0 Å². The molecule has 0 bridgehead atoms. The Labute approximate surface area is 87.8 Å². The summed E-state index contributed by atoms with van der Waals surface area (Å²) < 4.78 is 5.37. The van der Waals surface area contributed by atoms with E-state index >= 15 is 0 Å². The number of methoxy groups -OCH3 is 1. The Kier molecular flexibility index (Phi) is 4.95. The maximum atomic E-state index is 5.37. The molecule has 1 rings (SSSR count).